The zero-order chi connectivity index (χ0) is 11.4. The average Bonchev–Trinajstić information content (AvgIpc) is 1.96. The summed E-state index contributed by atoms with van der Waals surface area (Å²) in [5.41, 5.74) is 5.38. The van der Waals surface area contributed by atoms with Crippen molar-refractivity contribution in [3.63, 3.8) is 0 Å². The van der Waals surface area contributed by atoms with Gasteiger partial charge in [0.1, 0.15) is 6.61 Å². The third kappa shape index (κ3) is 6.21. The second kappa shape index (κ2) is 4.98. The SMILES string of the molecule is CC(C)C(C)(N)CCOCC(F)(F)F. The van der Waals surface area contributed by atoms with Crippen molar-refractivity contribution >= 4 is 0 Å². The molecule has 0 aromatic heterocycles. The van der Waals surface area contributed by atoms with Crippen molar-refractivity contribution in [3.8, 4) is 0 Å². The Morgan fingerprint density at radius 3 is 2.14 bits per heavy atom. The van der Waals surface area contributed by atoms with E-state index in [1.165, 1.54) is 0 Å². The van der Waals surface area contributed by atoms with E-state index in [1.54, 1.807) is 0 Å². The zero-order valence-corrected chi connectivity index (χ0v) is 8.82. The van der Waals surface area contributed by atoms with Crippen LogP contribution in [0.25, 0.3) is 0 Å². The normalized spacial score (nSPS) is 17.1. The first kappa shape index (κ1) is 13.7. The van der Waals surface area contributed by atoms with Gasteiger partial charge in [-0.2, -0.15) is 13.2 Å². The van der Waals surface area contributed by atoms with Gasteiger partial charge in [-0.05, 0) is 19.3 Å². The van der Waals surface area contributed by atoms with Crippen molar-refractivity contribution in [2.45, 2.75) is 38.9 Å². The molecule has 0 spiro atoms. The van der Waals surface area contributed by atoms with Gasteiger partial charge < -0.3 is 10.5 Å². The summed E-state index contributed by atoms with van der Waals surface area (Å²) in [7, 11) is 0. The molecule has 0 heterocycles. The first-order chi connectivity index (χ1) is 6.15. The minimum absolute atomic E-state index is 0.0463. The van der Waals surface area contributed by atoms with Gasteiger partial charge in [0.15, 0.2) is 0 Å². The summed E-state index contributed by atoms with van der Waals surface area (Å²) in [6, 6.07) is 0. The van der Waals surface area contributed by atoms with Crippen LogP contribution in [0.5, 0.6) is 0 Å². The van der Waals surface area contributed by atoms with E-state index >= 15 is 0 Å². The van der Waals surface area contributed by atoms with Crippen molar-refractivity contribution in [1.82, 2.24) is 0 Å². The maximum Gasteiger partial charge on any atom is 0.411 e. The molecule has 0 aliphatic rings. The van der Waals surface area contributed by atoms with Crippen molar-refractivity contribution in [2.75, 3.05) is 13.2 Å². The second-order valence-corrected chi connectivity index (χ2v) is 4.08. The molecular formula is C9H18F3NO. The van der Waals surface area contributed by atoms with E-state index in [-0.39, 0.29) is 12.5 Å². The number of rotatable bonds is 5. The predicted molar refractivity (Wildman–Crippen MR) is 48.9 cm³/mol. The Kier molecular flexibility index (Phi) is 4.88. The monoisotopic (exact) mass is 213 g/mol. The Bertz CT molecular complexity index is 166. The first-order valence-corrected chi connectivity index (χ1v) is 4.58. The van der Waals surface area contributed by atoms with Crippen LogP contribution in [-0.2, 0) is 4.74 Å². The van der Waals surface area contributed by atoms with E-state index in [1.807, 2.05) is 20.8 Å². The van der Waals surface area contributed by atoms with E-state index in [4.69, 9.17) is 5.73 Å². The summed E-state index contributed by atoms with van der Waals surface area (Å²) >= 11 is 0. The number of nitrogens with two attached hydrogens (primary N) is 1. The highest BCUT2D eigenvalue weighted by Gasteiger charge is 2.28. The maximum absolute atomic E-state index is 11.7. The topological polar surface area (TPSA) is 35.2 Å². The largest absolute Gasteiger partial charge is 0.411 e. The maximum atomic E-state index is 11.7. The lowest BCUT2D eigenvalue weighted by Gasteiger charge is -2.28. The summed E-state index contributed by atoms with van der Waals surface area (Å²) in [6.45, 7) is 4.54. The molecule has 0 saturated heterocycles. The first-order valence-electron chi connectivity index (χ1n) is 4.58. The molecule has 0 bridgehead atoms. The molecule has 0 aromatic carbocycles. The summed E-state index contributed by atoms with van der Waals surface area (Å²) < 4.78 is 39.5. The van der Waals surface area contributed by atoms with Gasteiger partial charge in [-0.15, -0.1) is 0 Å². The van der Waals surface area contributed by atoms with Crippen molar-refractivity contribution in [1.29, 1.82) is 0 Å². The summed E-state index contributed by atoms with van der Waals surface area (Å²) in [5.74, 6) is 0.219. The van der Waals surface area contributed by atoms with Gasteiger partial charge in [-0.3, -0.25) is 0 Å². The van der Waals surface area contributed by atoms with Gasteiger partial charge in [0, 0.05) is 12.1 Å². The molecule has 2 nitrogen and oxygen atoms in total. The fourth-order valence-corrected chi connectivity index (χ4v) is 0.769. The molecule has 1 unspecified atom stereocenters. The van der Waals surface area contributed by atoms with Gasteiger partial charge in [0.2, 0.25) is 0 Å². The zero-order valence-electron chi connectivity index (χ0n) is 8.82. The van der Waals surface area contributed by atoms with Gasteiger partial charge in [-0.1, -0.05) is 13.8 Å². The van der Waals surface area contributed by atoms with E-state index < -0.39 is 18.3 Å². The molecule has 2 N–H and O–H groups in total. The van der Waals surface area contributed by atoms with Crippen LogP contribution in [0.1, 0.15) is 27.2 Å². The molecule has 0 saturated carbocycles. The number of alkyl halides is 3. The molecule has 0 rings (SSSR count). The van der Waals surface area contributed by atoms with Crippen LogP contribution in [0.2, 0.25) is 0 Å². The second-order valence-electron chi connectivity index (χ2n) is 4.08. The standard InChI is InChI=1S/C9H18F3NO/c1-7(2)8(3,13)4-5-14-6-9(10,11)12/h7H,4-6,13H2,1-3H3. The van der Waals surface area contributed by atoms with Gasteiger partial charge >= 0.3 is 6.18 Å². The fourth-order valence-electron chi connectivity index (χ4n) is 0.769. The molecule has 1 atom stereocenters. The molecule has 0 aromatic rings. The summed E-state index contributed by atoms with van der Waals surface area (Å²) in [4.78, 5) is 0. The lowest BCUT2D eigenvalue weighted by atomic mass is 9.87. The van der Waals surface area contributed by atoms with Crippen molar-refractivity contribution in [2.24, 2.45) is 11.7 Å². The Hall–Kier alpha value is -0.290. The molecule has 0 aliphatic carbocycles. The smallest absolute Gasteiger partial charge is 0.372 e. The molecule has 14 heavy (non-hydrogen) atoms. The van der Waals surface area contributed by atoms with Crippen LogP contribution in [0.4, 0.5) is 13.2 Å². The quantitative estimate of drug-likeness (QED) is 0.711. The highest BCUT2D eigenvalue weighted by Crippen LogP contribution is 2.18. The third-order valence-electron chi connectivity index (χ3n) is 2.37. The van der Waals surface area contributed by atoms with Crippen LogP contribution in [0.15, 0.2) is 0 Å². The van der Waals surface area contributed by atoms with E-state index in [2.05, 4.69) is 4.74 Å². The predicted octanol–water partition coefficient (Wildman–Crippen LogP) is 2.33. The van der Waals surface area contributed by atoms with E-state index in [0.717, 1.165) is 0 Å². The number of hydrogen-bond donors (Lipinski definition) is 1. The van der Waals surface area contributed by atoms with Gasteiger partial charge in [0.25, 0.3) is 0 Å². The van der Waals surface area contributed by atoms with Crippen LogP contribution in [-0.4, -0.2) is 24.9 Å². The van der Waals surface area contributed by atoms with Crippen LogP contribution < -0.4 is 5.73 Å². The molecule has 86 valence electrons. The molecule has 0 aliphatic heterocycles. The number of ether oxygens (including phenoxy) is 1. The lowest BCUT2D eigenvalue weighted by molar-refractivity contribution is -0.174. The highest BCUT2D eigenvalue weighted by molar-refractivity contribution is 4.81. The minimum atomic E-state index is -4.25. The fraction of sp³-hybridized carbons (Fsp3) is 1.00. The van der Waals surface area contributed by atoms with Crippen molar-refractivity contribution < 1.29 is 17.9 Å². The van der Waals surface area contributed by atoms with Crippen LogP contribution in [0, 0.1) is 5.92 Å². The Balaban J connectivity index is 3.65. The molecule has 5 heteroatoms. The lowest BCUT2D eigenvalue weighted by Crippen LogP contribution is -2.42. The summed E-state index contributed by atoms with van der Waals surface area (Å²) in [5, 5.41) is 0. The molecular weight excluding hydrogens is 195 g/mol. The van der Waals surface area contributed by atoms with Crippen LogP contribution >= 0.6 is 0 Å². The Morgan fingerprint density at radius 2 is 1.79 bits per heavy atom. The minimum Gasteiger partial charge on any atom is -0.372 e. The Morgan fingerprint density at radius 1 is 1.29 bits per heavy atom. The molecule has 0 amide bonds. The van der Waals surface area contributed by atoms with Gasteiger partial charge in [0.05, 0.1) is 0 Å². The molecule has 0 fully saturated rings. The Labute approximate surface area is 82.6 Å². The van der Waals surface area contributed by atoms with E-state index in [9.17, 15) is 13.2 Å². The third-order valence-corrected chi connectivity index (χ3v) is 2.37. The molecule has 0 radical (unpaired) electrons. The van der Waals surface area contributed by atoms with Crippen LogP contribution in [0.3, 0.4) is 0 Å². The van der Waals surface area contributed by atoms with Gasteiger partial charge in [-0.25, -0.2) is 0 Å². The summed E-state index contributed by atoms with van der Waals surface area (Å²) in [6.07, 6.45) is -3.82. The van der Waals surface area contributed by atoms with E-state index in [0.29, 0.717) is 6.42 Å². The van der Waals surface area contributed by atoms with Crippen molar-refractivity contribution in [3.05, 3.63) is 0 Å². The highest BCUT2D eigenvalue weighted by atomic mass is 19.4. The average molecular weight is 213 g/mol. The number of halogens is 3. The number of hydrogen-bond acceptors (Lipinski definition) is 2.